The summed E-state index contributed by atoms with van der Waals surface area (Å²) in [5, 5.41) is 1.30. The molecule has 5 rings (SSSR count). The van der Waals surface area contributed by atoms with Gasteiger partial charge in [-0.1, -0.05) is 83.9 Å². The molecule has 36 heavy (non-hydrogen) atoms. The number of fused-ring (bicyclic) bond motifs is 1. The van der Waals surface area contributed by atoms with Crippen LogP contribution in [0.15, 0.2) is 97.2 Å². The molecule has 0 amide bonds. The molecular formula is C29H18Cl2F3NO. The number of alkyl halides is 3. The SMILES string of the molecule is FC(F)(F)c1cccc2c(-c3cccc(OCc4ccc(Cl)c(Cl)c4)c3)c(-c3ccccc3)cnc12. The average Bonchev–Trinajstić information content (AvgIpc) is 2.88. The van der Waals surface area contributed by atoms with E-state index in [1.54, 1.807) is 24.3 Å². The van der Waals surface area contributed by atoms with E-state index in [1.165, 1.54) is 12.3 Å². The summed E-state index contributed by atoms with van der Waals surface area (Å²) in [4.78, 5) is 4.25. The highest BCUT2D eigenvalue weighted by Gasteiger charge is 2.33. The largest absolute Gasteiger partial charge is 0.489 e. The molecule has 1 heterocycles. The number of hydrogen-bond acceptors (Lipinski definition) is 2. The van der Waals surface area contributed by atoms with Crippen LogP contribution in [-0.4, -0.2) is 4.98 Å². The van der Waals surface area contributed by atoms with Crippen LogP contribution in [0, 0.1) is 0 Å². The van der Waals surface area contributed by atoms with E-state index in [-0.39, 0.29) is 12.1 Å². The number of para-hydroxylation sites is 1. The van der Waals surface area contributed by atoms with Crippen molar-refractivity contribution >= 4 is 34.1 Å². The molecule has 0 saturated heterocycles. The molecule has 0 N–H and O–H groups in total. The molecule has 5 aromatic rings. The predicted molar refractivity (Wildman–Crippen MR) is 138 cm³/mol. The summed E-state index contributed by atoms with van der Waals surface area (Å²) >= 11 is 12.1. The van der Waals surface area contributed by atoms with Crippen molar-refractivity contribution in [3.05, 3.63) is 118 Å². The standard InChI is InChI=1S/C29H18Cl2F3NO/c30-25-13-12-18(14-26(25)31)17-36-21-9-4-8-20(15-21)27-22-10-5-11-24(29(32,33)34)28(22)35-16-23(27)19-6-2-1-3-7-19/h1-16H,17H2. The summed E-state index contributed by atoms with van der Waals surface area (Å²) in [5.74, 6) is 0.564. The van der Waals surface area contributed by atoms with Gasteiger partial charge >= 0.3 is 6.18 Å². The van der Waals surface area contributed by atoms with Gasteiger partial charge in [-0.25, -0.2) is 0 Å². The zero-order valence-corrected chi connectivity index (χ0v) is 20.2. The van der Waals surface area contributed by atoms with Crippen LogP contribution in [-0.2, 0) is 12.8 Å². The van der Waals surface area contributed by atoms with Crippen molar-refractivity contribution in [3.63, 3.8) is 0 Å². The third kappa shape index (κ3) is 4.90. The van der Waals surface area contributed by atoms with E-state index >= 15 is 0 Å². The molecule has 2 nitrogen and oxygen atoms in total. The molecule has 0 aliphatic heterocycles. The van der Waals surface area contributed by atoms with Crippen LogP contribution in [0.25, 0.3) is 33.2 Å². The molecule has 180 valence electrons. The van der Waals surface area contributed by atoms with Crippen LogP contribution in [0.2, 0.25) is 10.0 Å². The van der Waals surface area contributed by atoms with Gasteiger partial charge in [0.1, 0.15) is 12.4 Å². The van der Waals surface area contributed by atoms with E-state index in [9.17, 15) is 13.2 Å². The second-order valence-electron chi connectivity index (χ2n) is 8.18. The monoisotopic (exact) mass is 523 g/mol. The van der Waals surface area contributed by atoms with E-state index in [0.29, 0.717) is 32.3 Å². The number of pyridine rings is 1. The fourth-order valence-electron chi connectivity index (χ4n) is 4.14. The van der Waals surface area contributed by atoms with E-state index in [4.69, 9.17) is 27.9 Å². The van der Waals surface area contributed by atoms with Gasteiger partial charge in [-0.05, 0) is 47.0 Å². The zero-order chi connectivity index (χ0) is 25.3. The molecule has 4 aromatic carbocycles. The minimum atomic E-state index is -4.52. The Hall–Kier alpha value is -3.54. The Morgan fingerprint density at radius 2 is 1.50 bits per heavy atom. The molecule has 0 bridgehead atoms. The van der Waals surface area contributed by atoms with E-state index in [0.717, 1.165) is 22.8 Å². The second-order valence-corrected chi connectivity index (χ2v) is 8.99. The molecule has 0 radical (unpaired) electrons. The van der Waals surface area contributed by atoms with Crippen molar-refractivity contribution in [1.82, 2.24) is 4.98 Å². The van der Waals surface area contributed by atoms with Gasteiger partial charge in [-0.3, -0.25) is 4.98 Å². The van der Waals surface area contributed by atoms with Crippen molar-refractivity contribution in [2.24, 2.45) is 0 Å². The molecule has 0 spiro atoms. The first kappa shape index (κ1) is 24.2. The fraction of sp³-hybridized carbons (Fsp3) is 0.0690. The normalized spacial score (nSPS) is 11.6. The van der Waals surface area contributed by atoms with Crippen molar-refractivity contribution in [2.75, 3.05) is 0 Å². The molecule has 0 fully saturated rings. The molecule has 0 atom stereocenters. The van der Waals surface area contributed by atoms with Gasteiger partial charge in [0.2, 0.25) is 0 Å². The fourth-order valence-corrected chi connectivity index (χ4v) is 4.46. The van der Waals surface area contributed by atoms with Crippen molar-refractivity contribution in [2.45, 2.75) is 12.8 Å². The van der Waals surface area contributed by atoms with Gasteiger partial charge in [0.15, 0.2) is 0 Å². The molecule has 7 heteroatoms. The lowest BCUT2D eigenvalue weighted by molar-refractivity contribution is -0.136. The summed E-state index contributed by atoms with van der Waals surface area (Å²) < 4.78 is 47.3. The van der Waals surface area contributed by atoms with Crippen molar-refractivity contribution in [3.8, 4) is 28.0 Å². The van der Waals surface area contributed by atoms with Crippen LogP contribution < -0.4 is 4.74 Å². The smallest absolute Gasteiger partial charge is 0.418 e. The highest BCUT2D eigenvalue weighted by Crippen LogP contribution is 2.42. The van der Waals surface area contributed by atoms with Gasteiger partial charge in [0.25, 0.3) is 0 Å². The summed E-state index contributed by atoms with van der Waals surface area (Å²) in [6, 6.07) is 26.1. The second kappa shape index (κ2) is 9.84. The van der Waals surface area contributed by atoms with Crippen LogP contribution in [0.5, 0.6) is 5.75 Å². The highest BCUT2D eigenvalue weighted by molar-refractivity contribution is 6.42. The van der Waals surface area contributed by atoms with Crippen LogP contribution in [0.3, 0.4) is 0 Å². The Balaban J connectivity index is 1.63. The van der Waals surface area contributed by atoms with Gasteiger partial charge in [-0.15, -0.1) is 0 Å². The van der Waals surface area contributed by atoms with E-state index < -0.39 is 11.7 Å². The summed E-state index contributed by atoms with van der Waals surface area (Å²) in [6.07, 6.45) is -3.02. The van der Waals surface area contributed by atoms with Gasteiger partial charge < -0.3 is 4.74 Å². The Kier molecular flexibility index (Phi) is 6.61. The molecule has 0 aliphatic rings. The van der Waals surface area contributed by atoms with Crippen LogP contribution in [0.1, 0.15) is 11.1 Å². The Morgan fingerprint density at radius 1 is 0.750 bits per heavy atom. The third-order valence-electron chi connectivity index (χ3n) is 5.80. The van der Waals surface area contributed by atoms with E-state index in [2.05, 4.69) is 4.98 Å². The number of halogens is 5. The lowest BCUT2D eigenvalue weighted by Crippen LogP contribution is -2.07. The average molecular weight is 524 g/mol. The summed E-state index contributed by atoms with van der Waals surface area (Å²) in [6.45, 7) is 0.251. The maximum absolute atomic E-state index is 13.8. The molecule has 0 unspecified atom stereocenters. The maximum atomic E-state index is 13.8. The lowest BCUT2D eigenvalue weighted by Gasteiger charge is -2.17. The number of rotatable bonds is 5. The van der Waals surface area contributed by atoms with Crippen LogP contribution in [0.4, 0.5) is 13.2 Å². The molecular weight excluding hydrogens is 506 g/mol. The quantitative estimate of drug-likeness (QED) is 0.229. The first-order valence-corrected chi connectivity index (χ1v) is 11.8. The number of benzene rings is 4. The lowest BCUT2D eigenvalue weighted by atomic mass is 9.91. The number of ether oxygens (including phenoxy) is 1. The van der Waals surface area contributed by atoms with Gasteiger partial charge in [0, 0.05) is 22.7 Å². The summed E-state index contributed by atoms with van der Waals surface area (Å²) in [5.41, 5.74) is 2.91. The van der Waals surface area contributed by atoms with Crippen LogP contribution >= 0.6 is 23.2 Å². The molecule has 0 aliphatic carbocycles. The summed E-state index contributed by atoms with van der Waals surface area (Å²) in [7, 11) is 0. The first-order valence-electron chi connectivity index (χ1n) is 11.0. The minimum Gasteiger partial charge on any atom is -0.489 e. The maximum Gasteiger partial charge on any atom is 0.418 e. The molecule has 0 saturated carbocycles. The first-order chi connectivity index (χ1) is 17.3. The van der Waals surface area contributed by atoms with Gasteiger partial charge in [0.05, 0.1) is 21.1 Å². The third-order valence-corrected chi connectivity index (χ3v) is 6.54. The minimum absolute atomic E-state index is 0.0955. The number of nitrogens with zero attached hydrogens (tertiary/aromatic N) is 1. The van der Waals surface area contributed by atoms with Crippen molar-refractivity contribution < 1.29 is 17.9 Å². The Bertz CT molecular complexity index is 1550. The van der Waals surface area contributed by atoms with E-state index in [1.807, 2.05) is 54.6 Å². The molecule has 1 aromatic heterocycles. The topological polar surface area (TPSA) is 22.1 Å². The predicted octanol–water partition coefficient (Wildman–Crippen LogP) is 9.47. The Morgan fingerprint density at radius 3 is 2.25 bits per heavy atom. The number of hydrogen-bond donors (Lipinski definition) is 0. The van der Waals surface area contributed by atoms with Crippen molar-refractivity contribution in [1.29, 1.82) is 0 Å². The zero-order valence-electron chi connectivity index (χ0n) is 18.7. The Labute approximate surface area is 215 Å². The number of aromatic nitrogens is 1. The van der Waals surface area contributed by atoms with Gasteiger partial charge in [-0.2, -0.15) is 13.2 Å². The highest BCUT2D eigenvalue weighted by atomic mass is 35.5.